The van der Waals surface area contributed by atoms with Gasteiger partial charge in [-0.15, -0.1) is 11.3 Å². The summed E-state index contributed by atoms with van der Waals surface area (Å²) in [4.78, 5) is 21.3. The van der Waals surface area contributed by atoms with Crippen molar-refractivity contribution in [1.82, 2.24) is 14.8 Å². The Bertz CT molecular complexity index is 649. The van der Waals surface area contributed by atoms with Crippen LogP contribution in [0.25, 0.3) is 11.3 Å². The van der Waals surface area contributed by atoms with Gasteiger partial charge in [0, 0.05) is 55.8 Å². The molecule has 5 nitrogen and oxygen atoms in total. The van der Waals surface area contributed by atoms with Crippen molar-refractivity contribution >= 4 is 17.2 Å². The predicted octanol–water partition coefficient (Wildman–Crippen LogP) is 2.60. The first-order valence-electron chi connectivity index (χ1n) is 8.20. The molecule has 1 aromatic heterocycles. The van der Waals surface area contributed by atoms with Crippen LogP contribution in [-0.2, 0) is 4.74 Å². The van der Waals surface area contributed by atoms with Crippen LogP contribution in [0, 0.1) is 0 Å². The third-order valence-corrected chi connectivity index (χ3v) is 5.08. The van der Waals surface area contributed by atoms with Gasteiger partial charge in [0.25, 0.3) is 5.91 Å². The number of carbonyl (C=O) groups is 1. The zero-order chi connectivity index (χ0) is 16.9. The molecule has 0 spiro atoms. The summed E-state index contributed by atoms with van der Waals surface area (Å²) in [7, 11) is 1.73. The number of thiazole rings is 1. The number of hydrogen-bond donors (Lipinski definition) is 0. The Kier molecular flexibility index (Phi) is 5.60. The first kappa shape index (κ1) is 17.1. The van der Waals surface area contributed by atoms with Crippen LogP contribution < -0.4 is 0 Å². The van der Waals surface area contributed by atoms with Gasteiger partial charge < -0.3 is 9.64 Å². The molecule has 1 aromatic carbocycles. The van der Waals surface area contributed by atoms with Gasteiger partial charge in [-0.05, 0) is 19.1 Å². The van der Waals surface area contributed by atoms with Crippen molar-refractivity contribution < 1.29 is 9.53 Å². The average Bonchev–Trinajstić information content (AvgIpc) is 3.16. The zero-order valence-corrected chi connectivity index (χ0v) is 15.0. The van der Waals surface area contributed by atoms with E-state index >= 15 is 0 Å². The molecule has 0 aliphatic carbocycles. The number of rotatable bonds is 5. The summed E-state index contributed by atoms with van der Waals surface area (Å²) in [5.41, 5.74) is 4.57. The largest absolute Gasteiger partial charge is 0.383 e. The molecule has 0 radical (unpaired) electrons. The fourth-order valence-corrected chi connectivity index (χ4v) is 3.59. The second kappa shape index (κ2) is 7.88. The monoisotopic (exact) mass is 345 g/mol. The van der Waals surface area contributed by atoms with E-state index in [0.29, 0.717) is 6.04 Å². The number of piperazine rings is 1. The van der Waals surface area contributed by atoms with Gasteiger partial charge >= 0.3 is 0 Å². The van der Waals surface area contributed by atoms with Crippen molar-refractivity contribution in [1.29, 1.82) is 0 Å². The van der Waals surface area contributed by atoms with Gasteiger partial charge in [0.2, 0.25) is 0 Å². The minimum absolute atomic E-state index is 0.110. The van der Waals surface area contributed by atoms with E-state index in [9.17, 15) is 4.79 Å². The van der Waals surface area contributed by atoms with Crippen LogP contribution in [0.15, 0.2) is 35.2 Å². The Labute approximate surface area is 146 Å². The Hall–Kier alpha value is -1.76. The number of amides is 1. The summed E-state index contributed by atoms with van der Waals surface area (Å²) in [5.74, 6) is 0.110. The first-order valence-corrected chi connectivity index (χ1v) is 9.14. The van der Waals surface area contributed by atoms with Crippen molar-refractivity contribution in [2.24, 2.45) is 0 Å². The minimum Gasteiger partial charge on any atom is -0.383 e. The second-order valence-electron chi connectivity index (χ2n) is 6.08. The number of methoxy groups -OCH3 is 1. The summed E-state index contributed by atoms with van der Waals surface area (Å²) < 4.78 is 5.22. The summed E-state index contributed by atoms with van der Waals surface area (Å²) in [6.45, 7) is 6.21. The Morgan fingerprint density at radius 3 is 2.54 bits per heavy atom. The standard InChI is InChI=1S/C18H23N3O2S/c1-14(11-23-2)20-7-9-21(10-8-20)18(22)16-5-3-15(4-6-16)17-12-24-13-19-17/h3-6,12-14H,7-11H2,1-2H3/t14-/m0/s1. The number of benzene rings is 1. The predicted molar refractivity (Wildman–Crippen MR) is 96.4 cm³/mol. The van der Waals surface area contributed by atoms with E-state index in [1.807, 2.05) is 40.1 Å². The molecule has 1 fully saturated rings. The van der Waals surface area contributed by atoms with Gasteiger partial charge in [0.15, 0.2) is 0 Å². The molecule has 0 N–H and O–H groups in total. The van der Waals surface area contributed by atoms with E-state index in [4.69, 9.17) is 4.74 Å². The molecular formula is C18H23N3O2S. The van der Waals surface area contributed by atoms with Gasteiger partial charge in [0.1, 0.15) is 0 Å². The van der Waals surface area contributed by atoms with E-state index in [-0.39, 0.29) is 5.91 Å². The second-order valence-corrected chi connectivity index (χ2v) is 6.80. The lowest BCUT2D eigenvalue weighted by atomic mass is 10.1. The molecule has 2 heterocycles. The maximum Gasteiger partial charge on any atom is 0.253 e. The van der Waals surface area contributed by atoms with Crippen molar-refractivity contribution in [3.8, 4) is 11.3 Å². The highest BCUT2D eigenvalue weighted by Crippen LogP contribution is 2.20. The van der Waals surface area contributed by atoms with Crippen LogP contribution >= 0.6 is 11.3 Å². The van der Waals surface area contributed by atoms with Gasteiger partial charge in [-0.2, -0.15) is 0 Å². The van der Waals surface area contributed by atoms with Crippen molar-refractivity contribution in [3.05, 3.63) is 40.7 Å². The zero-order valence-electron chi connectivity index (χ0n) is 14.1. The molecular weight excluding hydrogens is 322 g/mol. The number of nitrogens with zero attached hydrogens (tertiary/aromatic N) is 3. The molecule has 24 heavy (non-hydrogen) atoms. The lowest BCUT2D eigenvalue weighted by Gasteiger charge is -2.37. The van der Waals surface area contributed by atoms with E-state index in [1.54, 1.807) is 18.4 Å². The molecule has 128 valence electrons. The van der Waals surface area contributed by atoms with Gasteiger partial charge in [-0.25, -0.2) is 4.98 Å². The Morgan fingerprint density at radius 1 is 1.25 bits per heavy atom. The highest BCUT2D eigenvalue weighted by molar-refractivity contribution is 7.07. The number of hydrogen-bond acceptors (Lipinski definition) is 5. The van der Waals surface area contributed by atoms with Gasteiger partial charge in [0.05, 0.1) is 17.8 Å². The van der Waals surface area contributed by atoms with Crippen molar-refractivity contribution in [2.45, 2.75) is 13.0 Å². The fraction of sp³-hybridized carbons (Fsp3) is 0.444. The van der Waals surface area contributed by atoms with E-state index in [2.05, 4.69) is 16.8 Å². The van der Waals surface area contributed by atoms with Crippen LogP contribution in [0.5, 0.6) is 0 Å². The highest BCUT2D eigenvalue weighted by Gasteiger charge is 2.24. The third-order valence-electron chi connectivity index (χ3n) is 4.49. The van der Waals surface area contributed by atoms with Crippen LogP contribution in [0.1, 0.15) is 17.3 Å². The minimum atomic E-state index is 0.110. The topological polar surface area (TPSA) is 45.7 Å². The molecule has 6 heteroatoms. The maximum atomic E-state index is 12.7. The maximum absolute atomic E-state index is 12.7. The van der Waals surface area contributed by atoms with Crippen LogP contribution in [0.3, 0.4) is 0 Å². The molecule has 1 amide bonds. The summed E-state index contributed by atoms with van der Waals surface area (Å²) in [6, 6.07) is 8.14. The molecule has 0 unspecified atom stereocenters. The normalized spacial score (nSPS) is 17.0. The molecule has 1 saturated heterocycles. The molecule has 1 atom stereocenters. The van der Waals surface area contributed by atoms with Crippen molar-refractivity contribution in [3.63, 3.8) is 0 Å². The average molecular weight is 345 g/mol. The highest BCUT2D eigenvalue weighted by atomic mass is 32.1. The number of carbonyl (C=O) groups excluding carboxylic acids is 1. The summed E-state index contributed by atoms with van der Waals surface area (Å²) in [5, 5.41) is 2.01. The van der Waals surface area contributed by atoms with Gasteiger partial charge in [-0.1, -0.05) is 12.1 Å². The first-order chi connectivity index (χ1) is 11.7. The molecule has 3 rings (SSSR count). The molecule has 0 bridgehead atoms. The Morgan fingerprint density at radius 2 is 1.96 bits per heavy atom. The van der Waals surface area contributed by atoms with Crippen molar-refractivity contribution in [2.75, 3.05) is 39.9 Å². The quantitative estimate of drug-likeness (QED) is 0.836. The smallest absolute Gasteiger partial charge is 0.253 e. The fourth-order valence-electron chi connectivity index (χ4n) is 3.03. The lowest BCUT2D eigenvalue weighted by Crippen LogP contribution is -2.52. The lowest BCUT2D eigenvalue weighted by molar-refractivity contribution is 0.0449. The third kappa shape index (κ3) is 3.83. The molecule has 2 aromatic rings. The van der Waals surface area contributed by atoms with E-state index in [1.165, 1.54) is 0 Å². The molecule has 1 aliphatic rings. The number of ether oxygens (including phenoxy) is 1. The van der Waals surface area contributed by atoms with E-state index in [0.717, 1.165) is 49.6 Å². The van der Waals surface area contributed by atoms with Crippen LogP contribution in [0.4, 0.5) is 0 Å². The SMILES string of the molecule is COC[C@H](C)N1CCN(C(=O)c2ccc(-c3cscn3)cc2)CC1. The van der Waals surface area contributed by atoms with Gasteiger partial charge in [-0.3, -0.25) is 9.69 Å². The molecule has 0 saturated carbocycles. The van der Waals surface area contributed by atoms with Crippen LogP contribution in [-0.4, -0.2) is 66.6 Å². The van der Waals surface area contributed by atoms with Crippen LogP contribution in [0.2, 0.25) is 0 Å². The molecule has 1 aliphatic heterocycles. The Balaban J connectivity index is 1.59. The number of aromatic nitrogens is 1. The summed E-state index contributed by atoms with van der Waals surface area (Å²) in [6.07, 6.45) is 0. The van der Waals surface area contributed by atoms with E-state index < -0.39 is 0 Å². The summed E-state index contributed by atoms with van der Waals surface area (Å²) >= 11 is 1.57.